The summed E-state index contributed by atoms with van der Waals surface area (Å²) in [5.74, 6) is 0. The molecule has 0 heterocycles. The van der Waals surface area contributed by atoms with Crippen LogP contribution in [0.25, 0.3) is 0 Å². The van der Waals surface area contributed by atoms with Gasteiger partial charge in [0.05, 0.1) is 0 Å². The molecule has 0 aromatic heterocycles. The van der Waals surface area contributed by atoms with E-state index in [-0.39, 0.29) is 369 Å². The fourth-order valence-corrected chi connectivity index (χ4v) is 0. The van der Waals surface area contributed by atoms with Gasteiger partial charge in [-0.2, -0.15) is 0 Å². The molecule has 0 fully saturated rings. The maximum Gasteiger partial charge on any atom is 3.00 e. The van der Waals surface area contributed by atoms with Gasteiger partial charge in [-0.1, -0.05) is 0 Å². The minimum atomic E-state index is 0. The summed E-state index contributed by atoms with van der Waals surface area (Å²) >= 11 is 0. The zero-order valence-electron chi connectivity index (χ0n) is 7.43. The molecule has 0 N–H and O–H groups in total. The molecule has 0 rings (SSSR count). The van der Waals surface area contributed by atoms with Gasteiger partial charge in [-0.25, -0.2) is 0 Å². The van der Waals surface area contributed by atoms with E-state index in [1.165, 1.54) is 0 Å². The van der Waals surface area contributed by atoms with Gasteiger partial charge >= 0.3 is 183 Å². The van der Waals surface area contributed by atoms with E-state index >= 15 is 0 Å². The molecule has 20 heavy (non-hydrogen) atoms. The third kappa shape index (κ3) is 196. The second-order valence-electron chi connectivity index (χ2n) is 0. The SMILES string of the molecule is [Cl-].[Cl-].[Cl-].[Cl-].[Cl-].[Cl-].[Cl-].[Cl-].[Cl-].[Cl-].[Cl-].[Cl-].[Cl-].[Cl-].[Cl-].[Dy+3].[Er+3].[Ho+3].[Tm+3].[Y+3]. The summed E-state index contributed by atoms with van der Waals surface area (Å²) in [4.78, 5) is 0. The Bertz CT molecular complexity index is 27.8. The first-order valence-electron chi connectivity index (χ1n) is 0. The van der Waals surface area contributed by atoms with E-state index in [4.69, 9.17) is 0 Å². The fourth-order valence-electron chi connectivity index (χ4n) is 0. The van der Waals surface area contributed by atoms with Gasteiger partial charge in [0.15, 0.2) is 0 Å². The molecule has 0 spiro atoms. The fraction of sp³-hybridized carbons (Fsp3) is 0. The molecule has 0 saturated heterocycles. The van der Waals surface area contributed by atoms with Crippen LogP contribution in [0.3, 0.4) is 0 Å². The number of rotatable bonds is 0. The normalized spacial score (nSPS) is 0. The zero-order valence-corrected chi connectivity index (χ0v) is 29.2. The van der Waals surface area contributed by atoms with Gasteiger partial charge in [-0.05, 0) is 0 Å². The molecular weight excluding hydrogens is 1280 g/mol. The predicted octanol–water partition coefficient (Wildman–Crippen LogP) is -44.9. The average Bonchev–Trinajstić information content (AvgIpc) is 0. The summed E-state index contributed by atoms with van der Waals surface area (Å²) in [7, 11) is 0. The topological polar surface area (TPSA) is 0 Å². The van der Waals surface area contributed by atoms with E-state index in [0.29, 0.717) is 0 Å². The molecular formula is Cl15DyErHoTmY. The molecule has 0 amide bonds. The van der Waals surface area contributed by atoms with E-state index in [2.05, 4.69) is 0 Å². The summed E-state index contributed by atoms with van der Waals surface area (Å²) in [6.07, 6.45) is 0. The third-order valence-electron chi connectivity index (χ3n) is 0. The molecule has 0 saturated carbocycles. The van der Waals surface area contributed by atoms with Gasteiger partial charge in [0.25, 0.3) is 0 Å². The smallest absolute Gasteiger partial charge is 1.00 e. The predicted molar refractivity (Wildman–Crippen MR) is 0 cm³/mol. The van der Waals surface area contributed by atoms with Crippen LogP contribution >= 0.6 is 0 Å². The second kappa shape index (κ2) is 218. The monoisotopic (exact) mass is 1280 g/mol. The minimum Gasteiger partial charge on any atom is -1.00 e. The van der Waals surface area contributed by atoms with E-state index in [9.17, 15) is 0 Å². The van der Waals surface area contributed by atoms with Gasteiger partial charge < -0.3 is 186 Å². The van der Waals surface area contributed by atoms with E-state index in [1.54, 1.807) is 0 Å². The molecule has 0 bridgehead atoms. The minimum absolute atomic E-state index is 0. The van der Waals surface area contributed by atoms with Crippen molar-refractivity contribution in [3.63, 3.8) is 0 Å². The van der Waals surface area contributed by atoms with E-state index < -0.39 is 0 Å². The number of hydrogen-bond acceptors (Lipinski definition) is 0. The Morgan fingerprint density at radius 2 is 0.300 bits per heavy atom. The summed E-state index contributed by atoms with van der Waals surface area (Å²) in [6, 6.07) is 0. The third-order valence-corrected chi connectivity index (χ3v) is 0. The molecule has 0 aromatic carbocycles. The second-order valence-corrected chi connectivity index (χ2v) is 0. The van der Waals surface area contributed by atoms with E-state index in [1.807, 2.05) is 0 Å². The molecule has 0 nitrogen and oxygen atoms in total. The molecule has 0 atom stereocenters. The van der Waals surface area contributed by atoms with Crippen molar-refractivity contribution in [3.8, 4) is 0 Å². The van der Waals surface area contributed by atoms with Gasteiger partial charge in [-0.15, -0.1) is 0 Å². The zero-order chi connectivity index (χ0) is 0. The van der Waals surface area contributed by atoms with Crippen molar-refractivity contribution in [1.82, 2.24) is 0 Å². The summed E-state index contributed by atoms with van der Waals surface area (Å²) in [5.41, 5.74) is 0. The van der Waals surface area contributed by atoms with Crippen molar-refractivity contribution in [2.24, 2.45) is 0 Å². The van der Waals surface area contributed by atoms with Crippen LogP contribution in [0.2, 0.25) is 0 Å². The molecule has 20 heteroatoms. The summed E-state index contributed by atoms with van der Waals surface area (Å²) in [6.45, 7) is 0. The average molecular weight is 1280 g/mol. The van der Waals surface area contributed by atoms with Crippen LogP contribution in [0.15, 0.2) is 0 Å². The van der Waals surface area contributed by atoms with Crippen molar-refractivity contribution >= 4 is 0 Å². The molecule has 0 aliphatic heterocycles. The summed E-state index contributed by atoms with van der Waals surface area (Å²) in [5, 5.41) is 0. The molecule has 0 aromatic rings. The Balaban J connectivity index is 0. The number of hydrogen-bond donors (Lipinski definition) is 0. The van der Waals surface area contributed by atoms with Crippen LogP contribution in [0, 0.1) is 150 Å². The first kappa shape index (κ1) is 241. The Morgan fingerprint density at radius 3 is 0.300 bits per heavy atom. The van der Waals surface area contributed by atoms with E-state index in [0.717, 1.165) is 0 Å². The molecule has 0 aliphatic rings. The van der Waals surface area contributed by atoms with Crippen molar-refractivity contribution < 1.29 is 369 Å². The van der Waals surface area contributed by atoms with Gasteiger partial charge in [0.1, 0.15) is 0 Å². The van der Waals surface area contributed by atoms with Crippen LogP contribution in [-0.2, 0) is 32.7 Å². The number of halogens is 15. The quantitative estimate of drug-likeness (QED) is 0.212. The Kier molecular flexibility index (Phi) is 2630. The van der Waals surface area contributed by atoms with Crippen molar-refractivity contribution in [3.05, 3.63) is 0 Å². The first-order chi connectivity index (χ1) is 0. The van der Waals surface area contributed by atoms with Crippen molar-refractivity contribution in [2.45, 2.75) is 0 Å². The van der Waals surface area contributed by atoms with Crippen LogP contribution in [0.4, 0.5) is 0 Å². The van der Waals surface area contributed by atoms with Crippen LogP contribution in [0.1, 0.15) is 0 Å². The molecule has 0 unspecified atom stereocenters. The maximum atomic E-state index is 0. The Morgan fingerprint density at radius 1 is 0.300 bits per heavy atom. The molecule has 2 radical (unpaired) electrons. The van der Waals surface area contributed by atoms with Gasteiger partial charge in [0.2, 0.25) is 0 Å². The van der Waals surface area contributed by atoms with Gasteiger partial charge in [-0.3, -0.25) is 0 Å². The van der Waals surface area contributed by atoms with Crippen molar-refractivity contribution in [2.75, 3.05) is 0 Å². The Labute approximate surface area is 359 Å². The largest absolute Gasteiger partial charge is 3.00 e. The molecule has 0 aliphatic carbocycles. The van der Waals surface area contributed by atoms with Crippen LogP contribution < -0.4 is 186 Å². The van der Waals surface area contributed by atoms with Gasteiger partial charge in [0, 0.05) is 0 Å². The van der Waals surface area contributed by atoms with Crippen LogP contribution in [0.5, 0.6) is 0 Å². The van der Waals surface area contributed by atoms with Crippen molar-refractivity contribution in [1.29, 1.82) is 0 Å². The maximum absolute atomic E-state index is 0. The Hall–Kier alpha value is 10.5. The standard InChI is InChI=1S/15ClH.Dy.Er.Ho.Tm.Y/h15*1H;;;;;/q;;;;;;;;;;;;;;;5*+3/p-15. The summed E-state index contributed by atoms with van der Waals surface area (Å²) < 4.78 is 0. The van der Waals surface area contributed by atoms with Crippen LogP contribution in [-0.4, -0.2) is 0 Å². The molecule has 154 valence electrons. The first-order valence-corrected chi connectivity index (χ1v) is 0.